The average Bonchev–Trinajstić information content (AvgIpc) is 3.17. The van der Waals surface area contributed by atoms with Crippen LogP contribution in [-0.2, 0) is 28.6 Å². The third-order valence-electron chi connectivity index (χ3n) is 11.3. The molecule has 326 valence electrons. The lowest BCUT2D eigenvalue weighted by molar-refractivity contribution is -0.167. The zero-order chi connectivity index (χ0) is 40.5. The molecule has 0 radical (unpaired) electrons. The maximum Gasteiger partial charge on any atom is 0.306 e. The quantitative estimate of drug-likeness (QED) is 0.0348. The van der Waals surface area contributed by atoms with Crippen LogP contribution in [0.15, 0.2) is 0 Å². The molecule has 0 aromatic heterocycles. The summed E-state index contributed by atoms with van der Waals surface area (Å²) in [7, 11) is 0. The minimum atomic E-state index is -0.761. The smallest absolute Gasteiger partial charge is 0.306 e. The minimum absolute atomic E-state index is 0.0648. The van der Waals surface area contributed by atoms with E-state index in [1.165, 1.54) is 154 Å². The van der Waals surface area contributed by atoms with Crippen molar-refractivity contribution in [3.8, 4) is 0 Å². The molecule has 0 rings (SSSR count). The zero-order valence-electron chi connectivity index (χ0n) is 37.6. The second-order valence-electron chi connectivity index (χ2n) is 17.5. The molecule has 1 unspecified atom stereocenters. The summed E-state index contributed by atoms with van der Waals surface area (Å²) in [5, 5.41) is 0. The van der Waals surface area contributed by atoms with Gasteiger partial charge in [-0.2, -0.15) is 0 Å². The number of hydrogen-bond acceptors (Lipinski definition) is 6. The molecule has 0 aliphatic rings. The van der Waals surface area contributed by atoms with Crippen molar-refractivity contribution in [2.75, 3.05) is 13.2 Å². The SMILES string of the molecule is CCCCCCCCCCCCCCCC(=O)OC[C@@H](COC(=O)CCCCCCCCC(C)CC)OC(=O)CCCCCCCCCCCCCC(C)C. The molecule has 0 aliphatic heterocycles. The Balaban J connectivity index is 4.33. The number of hydrogen-bond donors (Lipinski definition) is 0. The molecule has 55 heavy (non-hydrogen) atoms. The molecule has 0 spiro atoms. The molecule has 0 heterocycles. The molecule has 0 aliphatic carbocycles. The molecule has 0 N–H and O–H groups in total. The van der Waals surface area contributed by atoms with E-state index in [1.807, 2.05) is 0 Å². The van der Waals surface area contributed by atoms with E-state index in [-0.39, 0.29) is 31.1 Å². The highest BCUT2D eigenvalue weighted by atomic mass is 16.6. The van der Waals surface area contributed by atoms with Crippen molar-refractivity contribution in [2.24, 2.45) is 11.8 Å². The minimum Gasteiger partial charge on any atom is -0.462 e. The van der Waals surface area contributed by atoms with Crippen molar-refractivity contribution in [3.05, 3.63) is 0 Å². The van der Waals surface area contributed by atoms with E-state index in [1.54, 1.807) is 0 Å². The van der Waals surface area contributed by atoms with Crippen LogP contribution < -0.4 is 0 Å². The van der Waals surface area contributed by atoms with Crippen LogP contribution in [0.25, 0.3) is 0 Å². The predicted molar refractivity (Wildman–Crippen MR) is 233 cm³/mol. The molecule has 0 saturated heterocycles. The Hall–Kier alpha value is -1.59. The van der Waals surface area contributed by atoms with Gasteiger partial charge in [-0.3, -0.25) is 14.4 Å². The van der Waals surface area contributed by atoms with Crippen LogP contribution in [0.4, 0.5) is 0 Å². The van der Waals surface area contributed by atoms with Gasteiger partial charge in [0.1, 0.15) is 13.2 Å². The summed E-state index contributed by atoms with van der Waals surface area (Å²) in [6.45, 7) is 11.3. The van der Waals surface area contributed by atoms with Crippen LogP contribution >= 0.6 is 0 Å². The van der Waals surface area contributed by atoms with E-state index in [4.69, 9.17) is 14.2 Å². The standard InChI is InChI=1S/C49H94O6/c1-6-8-9-10-11-12-13-14-17-20-23-29-34-39-47(50)53-42-46(43-54-48(51)40-35-30-26-25-28-33-38-45(5)7-2)55-49(52)41-36-31-24-21-18-15-16-19-22-27-32-37-44(3)4/h44-46H,6-43H2,1-5H3/t45?,46-/m0/s1. The first-order valence-corrected chi connectivity index (χ1v) is 24.3. The van der Waals surface area contributed by atoms with Gasteiger partial charge < -0.3 is 14.2 Å². The van der Waals surface area contributed by atoms with Gasteiger partial charge in [-0.25, -0.2) is 0 Å². The lowest BCUT2D eigenvalue weighted by Crippen LogP contribution is -2.30. The lowest BCUT2D eigenvalue weighted by atomic mass is 10.00. The highest BCUT2D eigenvalue weighted by Crippen LogP contribution is 2.17. The maximum atomic E-state index is 12.7. The summed E-state index contributed by atoms with van der Waals surface area (Å²) in [6, 6.07) is 0. The van der Waals surface area contributed by atoms with Crippen molar-refractivity contribution in [2.45, 2.75) is 272 Å². The van der Waals surface area contributed by atoms with E-state index in [2.05, 4.69) is 34.6 Å². The fraction of sp³-hybridized carbons (Fsp3) is 0.939. The topological polar surface area (TPSA) is 78.9 Å². The number of rotatable bonds is 43. The molecule has 0 aromatic carbocycles. The number of ether oxygens (including phenoxy) is 3. The highest BCUT2D eigenvalue weighted by Gasteiger charge is 2.19. The molecular formula is C49H94O6. The van der Waals surface area contributed by atoms with Crippen molar-refractivity contribution >= 4 is 17.9 Å². The van der Waals surface area contributed by atoms with E-state index < -0.39 is 6.10 Å². The Morgan fingerprint density at radius 1 is 0.382 bits per heavy atom. The maximum absolute atomic E-state index is 12.7. The van der Waals surface area contributed by atoms with Gasteiger partial charge >= 0.3 is 17.9 Å². The van der Waals surface area contributed by atoms with Crippen LogP contribution in [0.3, 0.4) is 0 Å². The summed E-state index contributed by atoms with van der Waals surface area (Å²) >= 11 is 0. The van der Waals surface area contributed by atoms with Crippen LogP contribution in [0.1, 0.15) is 266 Å². The third-order valence-corrected chi connectivity index (χ3v) is 11.3. The van der Waals surface area contributed by atoms with Gasteiger partial charge in [0.2, 0.25) is 0 Å². The Bertz CT molecular complexity index is 841. The van der Waals surface area contributed by atoms with Crippen molar-refractivity contribution in [1.29, 1.82) is 0 Å². The summed E-state index contributed by atoms with van der Waals surface area (Å²) in [6.07, 6.45) is 40.8. The predicted octanol–water partition coefficient (Wildman–Crippen LogP) is 15.4. The number of esters is 3. The van der Waals surface area contributed by atoms with E-state index in [0.717, 1.165) is 69.6 Å². The monoisotopic (exact) mass is 779 g/mol. The van der Waals surface area contributed by atoms with E-state index >= 15 is 0 Å². The second-order valence-corrected chi connectivity index (χ2v) is 17.5. The van der Waals surface area contributed by atoms with Crippen LogP contribution in [0.5, 0.6) is 0 Å². The van der Waals surface area contributed by atoms with Crippen LogP contribution in [0, 0.1) is 11.8 Å². The first-order chi connectivity index (χ1) is 26.8. The fourth-order valence-electron chi connectivity index (χ4n) is 7.25. The summed E-state index contributed by atoms with van der Waals surface area (Å²) in [5.74, 6) is 0.783. The Labute approximate surface area is 342 Å². The number of carbonyl (C=O) groups excluding carboxylic acids is 3. The average molecular weight is 779 g/mol. The fourth-order valence-corrected chi connectivity index (χ4v) is 7.25. The van der Waals surface area contributed by atoms with Crippen LogP contribution in [-0.4, -0.2) is 37.2 Å². The molecule has 6 nitrogen and oxygen atoms in total. The van der Waals surface area contributed by atoms with Gasteiger partial charge in [-0.15, -0.1) is 0 Å². The molecule has 0 saturated carbocycles. The molecule has 0 aromatic rings. The lowest BCUT2D eigenvalue weighted by Gasteiger charge is -2.18. The van der Waals surface area contributed by atoms with Gasteiger partial charge in [-0.05, 0) is 31.1 Å². The molecule has 0 fully saturated rings. The molecule has 0 bridgehead atoms. The van der Waals surface area contributed by atoms with Crippen LogP contribution in [0.2, 0.25) is 0 Å². The Morgan fingerprint density at radius 3 is 1.04 bits per heavy atom. The van der Waals surface area contributed by atoms with E-state index in [0.29, 0.717) is 19.3 Å². The van der Waals surface area contributed by atoms with Gasteiger partial charge in [0.05, 0.1) is 0 Å². The number of unbranched alkanes of at least 4 members (excludes halogenated alkanes) is 27. The number of carbonyl (C=O) groups is 3. The summed E-state index contributed by atoms with van der Waals surface area (Å²) in [4.78, 5) is 37.8. The molecular weight excluding hydrogens is 685 g/mol. The van der Waals surface area contributed by atoms with Crippen molar-refractivity contribution in [1.82, 2.24) is 0 Å². The van der Waals surface area contributed by atoms with Gasteiger partial charge in [0.25, 0.3) is 0 Å². The largest absolute Gasteiger partial charge is 0.462 e. The molecule has 2 atom stereocenters. The second kappa shape index (κ2) is 42.0. The molecule has 0 amide bonds. The van der Waals surface area contributed by atoms with Crippen molar-refractivity contribution in [3.63, 3.8) is 0 Å². The van der Waals surface area contributed by atoms with Gasteiger partial charge in [0, 0.05) is 19.3 Å². The normalized spacial score (nSPS) is 12.5. The Morgan fingerprint density at radius 2 is 0.691 bits per heavy atom. The van der Waals surface area contributed by atoms with Gasteiger partial charge in [0.15, 0.2) is 6.10 Å². The van der Waals surface area contributed by atoms with Gasteiger partial charge in [-0.1, -0.05) is 227 Å². The third kappa shape index (κ3) is 41.9. The molecule has 6 heteroatoms. The van der Waals surface area contributed by atoms with E-state index in [9.17, 15) is 14.4 Å². The summed E-state index contributed by atoms with van der Waals surface area (Å²) < 4.78 is 16.8. The van der Waals surface area contributed by atoms with Crippen molar-refractivity contribution < 1.29 is 28.6 Å². The Kier molecular flexibility index (Phi) is 40.8. The first-order valence-electron chi connectivity index (χ1n) is 24.3. The zero-order valence-corrected chi connectivity index (χ0v) is 37.6. The summed E-state index contributed by atoms with van der Waals surface area (Å²) in [5.41, 5.74) is 0. The highest BCUT2D eigenvalue weighted by molar-refractivity contribution is 5.71. The first kappa shape index (κ1) is 53.4.